The first-order chi connectivity index (χ1) is 12.7. The van der Waals surface area contributed by atoms with E-state index in [1.54, 1.807) is 29.5 Å². The van der Waals surface area contributed by atoms with Gasteiger partial charge in [-0.1, -0.05) is 42.5 Å². The molecule has 26 heavy (non-hydrogen) atoms. The van der Waals surface area contributed by atoms with Crippen molar-refractivity contribution < 1.29 is 9.90 Å². The first-order valence-electron chi connectivity index (χ1n) is 8.08. The minimum atomic E-state index is 0.251. The molecule has 0 saturated heterocycles. The van der Waals surface area contributed by atoms with E-state index in [9.17, 15) is 9.90 Å². The average molecular weight is 362 g/mol. The SMILES string of the molecule is CNc1ccc(-c2nc3ccccc3s2)c(O)c1.O=Cc1ccccc1. The minimum Gasteiger partial charge on any atom is -0.507 e. The van der Waals surface area contributed by atoms with Crippen LogP contribution in [0, 0.1) is 0 Å². The van der Waals surface area contributed by atoms with Crippen molar-refractivity contribution in [3.63, 3.8) is 0 Å². The quantitative estimate of drug-likeness (QED) is 0.491. The van der Waals surface area contributed by atoms with Crippen molar-refractivity contribution in [2.45, 2.75) is 0 Å². The number of nitrogens with zero attached hydrogens (tertiary/aromatic N) is 1. The van der Waals surface area contributed by atoms with Gasteiger partial charge in [0.25, 0.3) is 0 Å². The number of fused-ring (bicyclic) bond motifs is 1. The zero-order chi connectivity index (χ0) is 18.4. The number of nitrogens with one attached hydrogen (secondary N) is 1. The maximum atomic E-state index is 10.0. The van der Waals surface area contributed by atoms with Gasteiger partial charge in [-0.2, -0.15) is 0 Å². The number of phenolic OH excluding ortho intramolecular Hbond substituents is 1. The van der Waals surface area contributed by atoms with E-state index in [1.807, 2.05) is 61.6 Å². The lowest BCUT2D eigenvalue weighted by atomic mass is 10.2. The second-order valence-corrected chi connectivity index (χ2v) is 6.53. The molecule has 4 aromatic rings. The minimum absolute atomic E-state index is 0.251. The number of hydrogen-bond acceptors (Lipinski definition) is 5. The predicted octanol–water partition coefficient (Wildman–Crippen LogP) is 5.21. The summed E-state index contributed by atoms with van der Waals surface area (Å²) < 4.78 is 1.13. The molecule has 1 aromatic heterocycles. The van der Waals surface area contributed by atoms with Crippen LogP contribution in [0.15, 0.2) is 72.8 Å². The molecule has 4 nitrogen and oxygen atoms in total. The van der Waals surface area contributed by atoms with Gasteiger partial charge in [-0.3, -0.25) is 4.79 Å². The van der Waals surface area contributed by atoms with Gasteiger partial charge in [0.2, 0.25) is 0 Å². The van der Waals surface area contributed by atoms with Crippen molar-refractivity contribution >= 4 is 33.5 Å². The highest BCUT2D eigenvalue weighted by Crippen LogP contribution is 2.36. The number of benzene rings is 3. The van der Waals surface area contributed by atoms with E-state index in [4.69, 9.17) is 0 Å². The summed E-state index contributed by atoms with van der Waals surface area (Å²) in [7, 11) is 1.83. The van der Waals surface area contributed by atoms with E-state index in [2.05, 4.69) is 10.3 Å². The van der Waals surface area contributed by atoms with Gasteiger partial charge in [0.15, 0.2) is 0 Å². The highest BCUT2D eigenvalue weighted by Gasteiger charge is 2.10. The number of carbonyl (C=O) groups is 1. The number of carbonyl (C=O) groups excluding carboxylic acids is 1. The summed E-state index contributed by atoms with van der Waals surface area (Å²) in [5.74, 6) is 0.251. The molecule has 0 unspecified atom stereocenters. The van der Waals surface area contributed by atoms with Crippen LogP contribution in [0.4, 0.5) is 5.69 Å². The Bertz CT molecular complexity index is 980. The topological polar surface area (TPSA) is 62.2 Å². The van der Waals surface area contributed by atoms with Gasteiger partial charge in [-0.05, 0) is 24.3 Å². The lowest BCUT2D eigenvalue weighted by molar-refractivity contribution is 0.112. The molecule has 3 aromatic carbocycles. The lowest BCUT2D eigenvalue weighted by Crippen LogP contribution is -1.87. The molecule has 0 saturated carbocycles. The first-order valence-corrected chi connectivity index (χ1v) is 8.90. The van der Waals surface area contributed by atoms with E-state index >= 15 is 0 Å². The van der Waals surface area contributed by atoms with Gasteiger partial charge in [-0.25, -0.2) is 4.98 Å². The highest BCUT2D eigenvalue weighted by atomic mass is 32.1. The van der Waals surface area contributed by atoms with Gasteiger partial charge >= 0.3 is 0 Å². The summed E-state index contributed by atoms with van der Waals surface area (Å²) >= 11 is 1.59. The van der Waals surface area contributed by atoms with Gasteiger partial charge in [-0.15, -0.1) is 11.3 Å². The Labute approximate surface area is 155 Å². The molecule has 1 heterocycles. The number of aromatic nitrogens is 1. The number of phenols is 1. The van der Waals surface area contributed by atoms with E-state index in [0.717, 1.165) is 38.3 Å². The zero-order valence-corrected chi connectivity index (χ0v) is 15.0. The molecule has 5 heteroatoms. The number of aldehydes is 1. The Balaban J connectivity index is 0.000000206. The van der Waals surface area contributed by atoms with Crippen LogP contribution in [0.1, 0.15) is 10.4 Å². The second kappa shape index (κ2) is 8.27. The van der Waals surface area contributed by atoms with Crippen LogP contribution in [0.5, 0.6) is 5.75 Å². The van der Waals surface area contributed by atoms with Crippen LogP contribution in [-0.4, -0.2) is 23.4 Å². The summed E-state index contributed by atoms with van der Waals surface area (Å²) in [6, 6.07) is 22.6. The number of thiazole rings is 1. The van der Waals surface area contributed by atoms with Crippen molar-refractivity contribution in [2.24, 2.45) is 0 Å². The van der Waals surface area contributed by atoms with E-state index in [-0.39, 0.29) is 5.75 Å². The van der Waals surface area contributed by atoms with E-state index in [0.29, 0.717) is 0 Å². The van der Waals surface area contributed by atoms with Crippen molar-refractivity contribution in [2.75, 3.05) is 12.4 Å². The van der Waals surface area contributed by atoms with E-state index < -0.39 is 0 Å². The van der Waals surface area contributed by atoms with Crippen LogP contribution >= 0.6 is 11.3 Å². The van der Waals surface area contributed by atoms with Crippen molar-refractivity contribution in [3.8, 4) is 16.3 Å². The Morgan fingerprint density at radius 3 is 2.35 bits per heavy atom. The molecule has 0 aliphatic carbocycles. The number of aromatic hydroxyl groups is 1. The fourth-order valence-corrected chi connectivity index (χ4v) is 3.39. The van der Waals surface area contributed by atoms with E-state index in [1.165, 1.54) is 0 Å². The average Bonchev–Trinajstić information content (AvgIpc) is 3.12. The fourth-order valence-electron chi connectivity index (χ4n) is 2.39. The summed E-state index contributed by atoms with van der Waals surface area (Å²) in [5, 5.41) is 13.9. The Morgan fingerprint density at radius 2 is 1.73 bits per heavy atom. The number of rotatable bonds is 3. The normalized spacial score (nSPS) is 10.0. The highest BCUT2D eigenvalue weighted by molar-refractivity contribution is 7.21. The van der Waals surface area contributed by atoms with Crippen LogP contribution in [0.2, 0.25) is 0 Å². The summed E-state index contributed by atoms with van der Waals surface area (Å²) in [4.78, 5) is 14.5. The Hall–Kier alpha value is -3.18. The Kier molecular flexibility index (Phi) is 5.61. The van der Waals surface area contributed by atoms with Gasteiger partial charge in [0, 0.05) is 24.4 Å². The van der Waals surface area contributed by atoms with Crippen LogP contribution in [-0.2, 0) is 0 Å². The molecule has 0 spiro atoms. The maximum absolute atomic E-state index is 10.0. The molecule has 0 atom stereocenters. The lowest BCUT2D eigenvalue weighted by Gasteiger charge is -2.04. The largest absolute Gasteiger partial charge is 0.507 e. The van der Waals surface area contributed by atoms with Crippen molar-refractivity contribution in [1.29, 1.82) is 0 Å². The zero-order valence-electron chi connectivity index (χ0n) is 14.2. The molecular formula is C21H18N2O2S. The number of hydrogen-bond donors (Lipinski definition) is 2. The smallest absolute Gasteiger partial charge is 0.150 e. The molecule has 0 bridgehead atoms. The van der Waals surface area contributed by atoms with Crippen LogP contribution in [0.25, 0.3) is 20.8 Å². The Morgan fingerprint density at radius 1 is 1.00 bits per heavy atom. The summed E-state index contributed by atoms with van der Waals surface area (Å²) in [6.07, 6.45) is 0.833. The number of para-hydroxylation sites is 1. The molecule has 4 rings (SSSR count). The third kappa shape index (κ3) is 4.07. The molecule has 2 N–H and O–H groups in total. The summed E-state index contributed by atoms with van der Waals surface area (Å²) in [6.45, 7) is 0. The molecule has 0 aliphatic rings. The first kappa shape index (κ1) is 17.6. The fraction of sp³-hybridized carbons (Fsp3) is 0.0476. The standard InChI is InChI=1S/C14H12N2OS.C7H6O/c1-15-9-6-7-10(12(17)8-9)14-16-11-4-2-3-5-13(11)18-14;8-6-7-4-2-1-3-5-7/h2-8,15,17H,1H3;1-6H. The van der Waals surface area contributed by atoms with Gasteiger partial charge in [0.05, 0.1) is 15.8 Å². The third-order valence-electron chi connectivity index (χ3n) is 3.75. The molecule has 0 amide bonds. The molecule has 0 fully saturated rings. The monoisotopic (exact) mass is 362 g/mol. The summed E-state index contributed by atoms with van der Waals surface area (Å²) in [5.41, 5.74) is 3.36. The maximum Gasteiger partial charge on any atom is 0.150 e. The van der Waals surface area contributed by atoms with Crippen molar-refractivity contribution in [3.05, 3.63) is 78.4 Å². The van der Waals surface area contributed by atoms with Gasteiger partial charge in [0.1, 0.15) is 17.0 Å². The molecule has 0 aliphatic heterocycles. The molecule has 0 radical (unpaired) electrons. The predicted molar refractivity (Wildman–Crippen MR) is 108 cm³/mol. The second-order valence-electron chi connectivity index (χ2n) is 5.50. The number of anilines is 1. The van der Waals surface area contributed by atoms with Crippen LogP contribution < -0.4 is 5.32 Å². The van der Waals surface area contributed by atoms with Gasteiger partial charge < -0.3 is 10.4 Å². The van der Waals surface area contributed by atoms with Crippen LogP contribution in [0.3, 0.4) is 0 Å². The van der Waals surface area contributed by atoms with Crippen molar-refractivity contribution in [1.82, 2.24) is 4.98 Å². The molecular weight excluding hydrogens is 344 g/mol. The molecule has 130 valence electrons. The third-order valence-corrected chi connectivity index (χ3v) is 4.82.